The van der Waals surface area contributed by atoms with Crippen molar-refractivity contribution in [3.8, 4) is 0 Å². The number of nitrogens with zero attached hydrogens (tertiary/aromatic N) is 1. The number of benzene rings is 2. The molecule has 2 heterocycles. The van der Waals surface area contributed by atoms with Gasteiger partial charge in [0, 0.05) is 10.8 Å². The first-order valence-corrected chi connectivity index (χ1v) is 22.5. The average Bonchev–Trinajstić information content (AvgIpc) is 2.93. The third-order valence-electron chi connectivity index (χ3n) is 10.9. The van der Waals surface area contributed by atoms with Gasteiger partial charge < -0.3 is 0 Å². The van der Waals surface area contributed by atoms with E-state index in [4.69, 9.17) is 0 Å². The number of pyridine rings is 1. The molecule has 2 atom stereocenters. The van der Waals surface area contributed by atoms with Crippen LogP contribution in [0.1, 0.15) is 201 Å². The van der Waals surface area contributed by atoms with Gasteiger partial charge in [-0.3, -0.25) is 0 Å². The molecule has 4 rings (SSSR count). The summed E-state index contributed by atoms with van der Waals surface area (Å²) in [5.74, 6) is -5.89. The van der Waals surface area contributed by atoms with Crippen molar-refractivity contribution >= 4 is 21.1 Å². The van der Waals surface area contributed by atoms with Crippen molar-refractivity contribution in [3.05, 3.63) is 92.3 Å². The molecule has 1 aliphatic heterocycles. The highest BCUT2D eigenvalue weighted by Gasteiger charge is 2.61. The minimum Gasteiger partial charge on any atom is -0.201 e. The lowest BCUT2D eigenvalue weighted by Crippen LogP contribution is -2.38. The minimum atomic E-state index is -1.92. The zero-order valence-electron chi connectivity index (χ0n) is 37.3. The molecule has 1 fully saturated rings. The van der Waals surface area contributed by atoms with Crippen LogP contribution in [0.2, 0.25) is 0 Å². The van der Waals surface area contributed by atoms with Gasteiger partial charge >= 0.3 is 0 Å². The lowest BCUT2D eigenvalue weighted by molar-refractivity contribution is 0.414. The molecule has 1 aliphatic rings. The summed E-state index contributed by atoms with van der Waals surface area (Å²) in [6.45, 7) is 46.5. The number of hydrogen-bond acceptors (Lipinski definition) is 1. The Kier molecular flexibility index (Phi) is 11.6. The smallest absolute Gasteiger partial charge is 0.201 e. The molecule has 54 heavy (non-hydrogen) atoms. The van der Waals surface area contributed by atoms with Crippen LogP contribution in [0.25, 0.3) is 0 Å². The van der Waals surface area contributed by atoms with Crippen LogP contribution in [0, 0.1) is 23.5 Å². The Labute approximate surface area is 328 Å². The van der Waals surface area contributed by atoms with Gasteiger partial charge in [-0.05, 0) is 90.1 Å². The van der Waals surface area contributed by atoms with Crippen molar-refractivity contribution in [1.29, 1.82) is 0 Å². The summed E-state index contributed by atoms with van der Waals surface area (Å²) in [5, 5.41) is -1.44. The van der Waals surface area contributed by atoms with E-state index in [-0.39, 0.29) is 48.4 Å². The monoisotopic (exact) mass is 785 g/mol. The molecule has 1 nitrogen and oxygen atoms in total. The summed E-state index contributed by atoms with van der Waals surface area (Å²) in [7, 11) is -3.04. The van der Waals surface area contributed by atoms with Crippen LogP contribution in [-0.4, -0.2) is 10.1 Å². The maximum atomic E-state index is 16.7. The molecule has 0 spiro atoms. The van der Waals surface area contributed by atoms with Crippen LogP contribution in [0.5, 0.6) is 0 Å². The molecule has 7 heteroatoms. The third kappa shape index (κ3) is 8.40. The average molecular weight is 786 g/mol. The third-order valence-corrected chi connectivity index (χ3v) is 19.5. The standard InChI is InChI=1S/C47H69F4NP2/c1-41(2,3)26-22-28(43(7,8)9)32(29(23-26)44(10,11)12)39-53(36-34(48)37(50)52-38(51)35(36)49)40(54(39)47(19,20)21)33-30(45(13,14)15)24-27(42(4,5)6)25-31(33)46(16,17)18/h22-25,39-40H,1-21H3. The number of aromatic nitrogens is 1. The Morgan fingerprint density at radius 2 is 0.685 bits per heavy atom. The molecule has 0 amide bonds. The van der Waals surface area contributed by atoms with Crippen LogP contribution in [0.3, 0.4) is 0 Å². The second-order valence-corrected chi connectivity index (χ2v) is 29.2. The van der Waals surface area contributed by atoms with Crippen molar-refractivity contribution < 1.29 is 17.6 Å². The van der Waals surface area contributed by atoms with E-state index >= 15 is 17.6 Å². The minimum absolute atomic E-state index is 0.159. The lowest BCUT2D eigenvalue weighted by atomic mass is 9.72. The lowest BCUT2D eigenvalue weighted by Gasteiger charge is -2.61. The van der Waals surface area contributed by atoms with Crippen LogP contribution in [-0.2, 0) is 32.5 Å². The highest BCUT2D eigenvalue weighted by molar-refractivity contribution is 7.95. The van der Waals surface area contributed by atoms with Gasteiger partial charge in [-0.1, -0.05) is 178 Å². The summed E-state index contributed by atoms with van der Waals surface area (Å²) >= 11 is 0. The number of hydrogen-bond donors (Lipinski definition) is 0. The van der Waals surface area contributed by atoms with Gasteiger partial charge in [0.2, 0.25) is 0 Å². The summed E-state index contributed by atoms with van der Waals surface area (Å²) in [6.07, 6.45) is 0. The summed E-state index contributed by atoms with van der Waals surface area (Å²) < 4.78 is 64.3. The molecule has 0 radical (unpaired) electrons. The maximum Gasteiger partial charge on any atom is 0.252 e. The van der Waals surface area contributed by atoms with E-state index in [9.17, 15) is 0 Å². The number of halogens is 4. The quantitative estimate of drug-likeness (QED) is 0.146. The van der Waals surface area contributed by atoms with Gasteiger partial charge in [-0.25, -0.2) is 8.78 Å². The van der Waals surface area contributed by atoms with E-state index in [1.54, 1.807) is 0 Å². The zero-order valence-corrected chi connectivity index (χ0v) is 39.1. The van der Waals surface area contributed by atoms with Crippen molar-refractivity contribution in [1.82, 2.24) is 4.98 Å². The summed E-state index contributed by atoms with van der Waals surface area (Å²) in [5.41, 5.74) is 7.47. The van der Waals surface area contributed by atoms with Gasteiger partial charge in [-0.15, -0.1) is 0 Å². The molecule has 0 bridgehead atoms. The molecule has 0 N–H and O–H groups in total. The maximum absolute atomic E-state index is 16.7. The predicted octanol–water partition coefficient (Wildman–Crippen LogP) is 15.2. The Morgan fingerprint density at radius 1 is 0.426 bits per heavy atom. The molecule has 3 aromatic rings. The van der Waals surface area contributed by atoms with Crippen molar-refractivity contribution in [2.45, 2.75) is 194 Å². The van der Waals surface area contributed by atoms with E-state index in [0.29, 0.717) is 0 Å². The first kappa shape index (κ1) is 44.9. The van der Waals surface area contributed by atoms with Crippen LogP contribution >= 0.6 is 15.8 Å². The van der Waals surface area contributed by atoms with Crippen LogP contribution in [0.4, 0.5) is 17.6 Å². The summed E-state index contributed by atoms with van der Waals surface area (Å²) in [6, 6.07) is 9.23. The van der Waals surface area contributed by atoms with Gasteiger partial charge in [0.1, 0.15) is 0 Å². The van der Waals surface area contributed by atoms with Gasteiger partial charge in [0.05, 0.1) is 5.30 Å². The highest BCUT2D eigenvalue weighted by atomic mass is 31.2. The fourth-order valence-electron chi connectivity index (χ4n) is 7.91. The Hall–Kier alpha value is -1.83. The van der Waals surface area contributed by atoms with E-state index in [0.717, 1.165) is 33.4 Å². The molecular formula is C47H69F4NP2. The summed E-state index contributed by atoms with van der Waals surface area (Å²) in [4.78, 5) is 3.07. The van der Waals surface area contributed by atoms with Crippen LogP contribution < -0.4 is 5.30 Å². The second-order valence-electron chi connectivity index (χ2n) is 22.9. The van der Waals surface area contributed by atoms with Gasteiger partial charge in [0.15, 0.2) is 11.6 Å². The Morgan fingerprint density at radius 3 is 0.889 bits per heavy atom. The largest absolute Gasteiger partial charge is 0.252 e. The molecule has 2 aromatic carbocycles. The Balaban J connectivity index is 2.38. The van der Waals surface area contributed by atoms with E-state index in [2.05, 4.69) is 175 Å². The number of rotatable bonds is 3. The zero-order chi connectivity index (χ0) is 41.9. The topological polar surface area (TPSA) is 12.9 Å². The molecule has 300 valence electrons. The van der Waals surface area contributed by atoms with Gasteiger partial charge in [0.25, 0.3) is 11.9 Å². The molecule has 0 aliphatic carbocycles. The van der Waals surface area contributed by atoms with Crippen LogP contribution in [0.15, 0.2) is 24.3 Å². The van der Waals surface area contributed by atoms with E-state index < -0.39 is 44.7 Å². The van der Waals surface area contributed by atoms with Gasteiger partial charge in [-0.2, -0.15) is 13.8 Å². The first-order valence-electron chi connectivity index (χ1n) is 19.6. The normalized spacial score (nSPS) is 20.7. The Bertz CT molecular complexity index is 1710. The molecule has 2 unspecified atom stereocenters. The second kappa shape index (κ2) is 13.9. The first-order chi connectivity index (χ1) is 23.9. The molecule has 1 aromatic heterocycles. The predicted molar refractivity (Wildman–Crippen MR) is 228 cm³/mol. The van der Waals surface area contributed by atoms with Crippen molar-refractivity contribution in [2.75, 3.05) is 0 Å². The molecular weight excluding hydrogens is 716 g/mol. The highest BCUT2D eigenvalue weighted by Crippen LogP contribution is 2.97. The fraction of sp³-hybridized carbons (Fsp3) is 0.638. The van der Waals surface area contributed by atoms with Crippen molar-refractivity contribution in [3.63, 3.8) is 0 Å². The SMILES string of the molecule is CC(C)(C)c1cc(C(C)(C)C)c(C2P(c3c(F)c(F)nc(F)c3F)C(c3c(C(C)(C)C)cc(C(C)(C)C)cc3C(C)(C)C)P2C(C)(C)C)c(C(C)(C)C)c1. The van der Waals surface area contributed by atoms with Crippen molar-refractivity contribution in [2.24, 2.45) is 0 Å². The molecule has 1 saturated heterocycles. The fourth-order valence-corrected chi connectivity index (χ4v) is 18.8. The van der Waals surface area contributed by atoms with E-state index in [1.807, 2.05) is 0 Å². The molecule has 0 saturated carbocycles. The van der Waals surface area contributed by atoms with E-state index in [1.165, 1.54) is 11.1 Å².